The van der Waals surface area contributed by atoms with Gasteiger partial charge in [-0.05, 0) is 36.2 Å². The zero-order valence-corrected chi connectivity index (χ0v) is 16.8. The van der Waals surface area contributed by atoms with Gasteiger partial charge >= 0.3 is 0 Å². The molecule has 0 bridgehead atoms. The molecule has 0 aliphatic carbocycles. The molecule has 1 amide bonds. The molecular weight excluding hydrogens is 402 g/mol. The van der Waals surface area contributed by atoms with E-state index in [2.05, 4.69) is 20.4 Å². The number of amides is 1. The topological polar surface area (TPSA) is 138 Å². The van der Waals surface area contributed by atoms with Crippen molar-refractivity contribution in [3.63, 3.8) is 0 Å². The van der Waals surface area contributed by atoms with Crippen LogP contribution in [0.3, 0.4) is 0 Å². The average Bonchev–Trinajstić information content (AvgIpc) is 3.36. The summed E-state index contributed by atoms with van der Waals surface area (Å²) in [5.41, 5.74) is 2.32. The van der Waals surface area contributed by atoms with E-state index in [1.165, 1.54) is 19.1 Å². The Bertz CT molecular complexity index is 1050. The van der Waals surface area contributed by atoms with Gasteiger partial charge in [0, 0.05) is 31.3 Å². The number of rotatable bonds is 6. The molecule has 2 heterocycles. The van der Waals surface area contributed by atoms with Crippen molar-refractivity contribution in [2.75, 3.05) is 17.1 Å². The van der Waals surface area contributed by atoms with Crippen LogP contribution >= 0.6 is 0 Å². The van der Waals surface area contributed by atoms with E-state index in [-0.39, 0.29) is 22.9 Å². The molecule has 1 aromatic heterocycles. The second-order valence-electron chi connectivity index (χ2n) is 7.49. The third-order valence-electron chi connectivity index (χ3n) is 5.09. The summed E-state index contributed by atoms with van der Waals surface area (Å²) >= 11 is 0. The third-order valence-corrected chi connectivity index (χ3v) is 5.09. The first-order chi connectivity index (χ1) is 14.9. The largest absolute Gasteiger partial charge is 0.733 e. The van der Waals surface area contributed by atoms with Gasteiger partial charge in [0.15, 0.2) is 0 Å². The molecule has 1 fully saturated rings. The molecule has 4 rings (SSSR count). The zero-order chi connectivity index (χ0) is 22.0. The van der Waals surface area contributed by atoms with Gasteiger partial charge in [-0.15, -0.1) is 0 Å². The Morgan fingerprint density at radius 3 is 2.81 bits per heavy atom. The molecule has 2 aromatic carbocycles. The molecule has 162 valence electrons. The number of aliphatic hydroxyl groups is 1. The minimum atomic E-state index is -0.522. The summed E-state index contributed by atoms with van der Waals surface area (Å²) in [5, 5.41) is 37.0. The van der Waals surface area contributed by atoms with E-state index in [0.717, 1.165) is 11.3 Å². The van der Waals surface area contributed by atoms with E-state index in [9.17, 15) is 15.1 Å². The number of aliphatic hydroxyl groups excluding tert-OH is 1. The molecule has 0 spiro atoms. The lowest BCUT2D eigenvalue weighted by Crippen LogP contribution is -2.24. The fourth-order valence-corrected chi connectivity index (χ4v) is 3.69. The number of hydrogen-bond acceptors (Lipinski definition) is 9. The fraction of sp³-hybridized carbons (Fsp3) is 0.286. The zero-order valence-electron chi connectivity index (χ0n) is 16.8. The summed E-state index contributed by atoms with van der Waals surface area (Å²) in [6, 6.07) is 13.5. The summed E-state index contributed by atoms with van der Waals surface area (Å²) in [4.78, 5) is 17.7. The molecule has 0 radical (unpaired) electrons. The van der Waals surface area contributed by atoms with Gasteiger partial charge in [-0.25, -0.2) is 0 Å². The Balaban J connectivity index is 1.51. The first-order valence-corrected chi connectivity index (χ1v) is 9.78. The summed E-state index contributed by atoms with van der Waals surface area (Å²) < 4.78 is 5.47. The van der Waals surface area contributed by atoms with Crippen molar-refractivity contribution in [1.82, 2.24) is 15.0 Å². The van der Waals surface area contributed by atoms with Crippen LogP contribution in [0.5, 0.6) is 0 Å². The van der Waals surface area contributed by atoms with Gasteiger partial charge in [0.05, 0.1) is 17.8 Å². The number of carbonyl (C=O) groups is 1. The van der Waals surface area contributed by atoms with E-state index in [1.54, 1.807) is 12.1 Å². The lowest BCUT2D eigenvalue weighted by molar-refractivity contribution is -0.114. The minimum Gasteiger partial charge on any atom is -0.733 e. The number of likely N-dealkylation sites (tertiary alicyclic amines) is 1. The Labute approximate surface area is 178 Å². The second kappa shape index (κ2) is 8.82. The van der Waals surface area contributed by atoms with Gasteiger partial charge < -0.3 is 25.4 Å². The average molecular weight is 424 g/mol. The van der Waals surface area contributed by atoms with E-state index in [4.69, 9.17) is 9.73 Å². The van der Waals surface area contributed by atoms with Crippen LogP contribution in [0.25, 0.3) is 11.4 Å². The third kappa shape index (κ3) is 4.89. The number of anilines is 2. The maximum atomic E-state index is 11.2. The first-order valence-electron chi connectivity index (χ1n) is 9.78. The van der Waals surface area contributed by atoms with Crippen molar-refractivity contribution in [2.24, 2.45) is 0 Å². The molecule has 2 unspecified atom stereocenters. The molecule has 1 aliphatic rings. The number of nitrogens with one attached hydrogen (secondary N) is 1. The summed E-state index contributed by atoms with van der Waals surface area (Å²) in [6.45, 7) is 2.48. The predicted molar refractivity (Wildman–Crippen MR) is 112 cm³/mol. The number of carbonyl (C=O) groups excluding carboxylic acids is 1. The smallest absolute Gasteiger partial charge is 0.244 e. The molecule has 2 atom stereocenters. The van der Waals surface area contributed by atoms with Crippen LogP contribution in [-0.4, -0.2) is 43.9 Å². The monoisotopic (exact) mass is 424 g/mol. The Morgan fingerprint density at radius 1 is 1.32 bits per heavy atom. The molecule has 1 saturated heterocycles. The Kier molecular flexibility index (Phi) is 5.96. The van der Waals surface area contributed by atoms with Crippen molar-refractivity contribution >= 4 is 17.3 Å². The summed E-state index contributed by atoms with van der Waals surface area (Å²) in [7, 11) is 0. The van der Waals surface area contributed by atoms with Crippen molar-refractivity contribution in [2.45, 2.75) is 32.0 Å². The van der Waals surface area contributed by atoms with Crippen LogP contribution in [0.4, 0.5) is 11.4 Å². The number of nitrogens with zero attached hydrogens (tertiary/aromatic N) is 4. The molecule has 3 N–H and O–H groups in total. The highest BCUT2D eigenvalue weighted by Crippen LogP contribution is 2.34. The lowest BCUT2D eigenvalue weighted by Gasteiger charge is -2.21. The Morgan fingerprint density at radius 2 is 2.10 bits per heavy atom. The van der Waals surface area contributed by atoms with Crippen LogP contribution in [0.2, 0.25) is 0 Å². The Hall–Kier alpha value is -3.31. The highest BCUT2D eigenvalue weighted by atomic mass is 16.8. The SMILES string of the molecule is CC(=O)Nc1ccc(CN2CC(O)CC2c2nc(-c3cccc(N([O-])O)c3)no2)cc1. The van der Waals surface area contributed by atoms with Crippen LogP contribution in [0, 0.1) is 5.21 Å². The fourth-order valence-electron chi connectivity index (χ4n) is 3.69. The molecule has 1 aliphatic heterocycles. The van der Waals surface area contributed by atoms with E-state index in [0.29, 0.717) is 36.8 Å². The van der Waals surface area contributed by atoms with Gasteiger partial charge in [-0.2, -0.15) is 4.98 Å². The minimum absolute atomic E-state index is 0.0597. The highest BCUT2D eigenvalue weighted by Gasteiger charge is 2.36. The van der Waals surface area contributed by atoms with E-state index >= 15 is 0 Å². The lowest BCUT2D eigenvalue weighted by atomic mass is 10.1. The molecular formula is C21H22N5O5-. The normalized spacial score (nSPS) is 18.8. The number of benzene rings is 2. The van der Waals surface area contributed by atoms with Crippen molar-refractivity contribution in [1.29, 1.82) is 0 Å². The van der Waals surface area contributed by atoms with Crippen molar-refractivity contribution < 1.29 is 19.6 Å². The first kappa shape index (κ1) is 20.9. The highest BCUT2D eigenvalue weighted by molar-refractivity contribution is 5.88. The maximum absolute atomic E-state index is 11.2. The molecule has 3 aromatic rings. The molecule has 31 heavy (non-hydrogen) atoms. The van der Waals surface area contributed by atoms with Gasteiger partial charge in [0.2, 0.25) is 17.6 Å². The second-order valence-corrected chi connectivity index (χ2v) is 7.49. The number of hydrogen-bond donors (Lipinski definition) is 3. The van der Waals surface area contributed by atoms with Crippen LogP contribution in [0.15, 0.2) is 53.1 Å². The van der Waals surface area contributed by atoms with Crippen LogP contribution in [-0.2, 0) is 11.3 Å². The van der Waals surface area contributed by atoms with Crippen molar-refractivity contribution in [3.05, 3.63) is 65.2 Å². The predicted octanol–water partition coefficient (Wildman–Crippen LogP) is 2.70. The molecule has 10 nitrogen and oxygen atoms in total. The van der Waals surface area contributed by atoms with Gasteiger partial charge in [-0.1, -0.05) is 29.4 Å². The summed E-state index contributed by atoms with van der Waals surface area (Å²) in [5.74, 6) is 0.532. The maximum Gasteiger partial charge on any atom is 0.244 e. The van der Waals surface area contributed by atoms with Crippen LogP contribution < -0.4 is 10.5 Å². The number of aromatic nitrogens is 2. The van der Waals surface area contributed by atoms with E-state index in [1.807, 2.05) is 24.3 Å². The van der Waals surface area contributed by atoms with Crippen LogP contribution in [0.1, 0.15) is 30.8 Å². The van der Waals surface area contributed by atoms with Gasteiger partial charge in [-0.3, -0.25) is 14.9 Å². The quantitative estimate of drug-likeness (QED) is 0.510. The van der Waals surface area contributed by atoms with E-state index < -0.39 is 6.10 Å². The standard InChI is InChI=1S/C21H22N5O5/c1-13(27)22-16-7-5-14(6-8-16)11-25-12-18(28)10-19(25)21-23-20(24-31-21)15-3-2-4-17(9-15)26(29)30/h2-9,18-19,28-29H,10-12H2,1H3,(H,22,27)/q-1. The molecule has 10 heteroatoms. The van der Waals surface area contributed by atoms with Gasteiger partial charge in [0.1, 0.15) is 0 Å². The van der Waals surface area contributed by atoms with Crippen molar-refractivity contribution in [3.8, 4) is 11.4 Å². The number of β-amino-alcohol motifs (C(OH)–C–C–N with tert-alkyl or cyclic N) is 1. The summed E-state index contributed by atoms with van der Waals surface area (Å²) in [6.07, 6.45) is -0.0675. The van der Waals surface area contributed by atoms with Gasteiger partial charge in [0.25, 0.3) is 0 Å². The molecule has 0 saturated carbocycles.